The van der Waals surface area contributed by atoms with Crippen LogP contribution in [0, 0.1) is 6.92 Å². The number of aryl methyl sites for hydroxylation is 1. The Morgan fingerprint density at radius 1 is 1.50 bits per heavy atom. The van der Waals surface area contributed by atoms with Crippen molar-refractivity contribution in [1.82, 2.24) is 14.9 Å². The van der Waals surface area contributed by atoms with Gasteiger partial charge in [-0.15, -0.1) is 11.3 Å². The summed E-state index contributed by atoms with van der Waals surface area (Å²) >= 11 is 1.58. The Labute approximate surface area is 145 Å². The number of amides is 1. The smallest absolute Gasteiger partial charge is 0.227 e. The van der Waals surface area contributed by atoms with E-state index >= 15 is 0 Å². The molecule has 3 heterocycles. The standard InChI is InChI=1S/C17H22N4O2S/c1-13-8-15(19-12-18-13)21-6-5-17(23,11-21)10-20(2)16(22)9-14-4-3-7-24-14/h3-4,7-8,12,23H,5-6,9-11H2,1-2H3/t17-/m0/s1. The number of likely N-dealkylation sites (N-methyl/N-ethyl adjacent to an activating group) is 1. The van der Waals surface area contributed by atoms with E-state index in [0.29, 0.717) is 25.9 Å². The summed E-state index contributed by atoms with van der Waals surface area (Å²) in [5.74, 6) is 0.855. The summed E-state index contributed by atoms with van der Waals surface area (Å²) in [5.41, 5.74) is -0.00249. The Morgan fingerprint density at radius 2 is 2.33 bits per heavy atom. The molecule has 0 unspecified atom stereocenters. The van der Waals surface area contributed by atoms with E-state index in [9.17, 15) is 9.90 Å². The third kappa shape index (κ3) is 3.91. The van der Waals surface area contributed by atoms with Gasteiger partial charge in [0, 0.05) is 36.8 Å². The van der Waals surface area contributed by atoms with E-state index in [1.165, 1.54) is 0 Å². The predicted octanol–water partition coefficient (Wildman–Crippen LogP) is 1.49. The van der Waals surface area contributed by atoms with E-state index in [1.807, 2.05) is 35.4 Å². The second-order valence-electron chi connectivity index (χ2n) is 6.42. The van der Waals surface area contributed by atoms with Crippen molar-refractivity contribution < 1.29 is 9.90 Å². The Kier molecular flexibility index (Phi) is 4.82. The minimum atomic E-state index is -0.904. The van der Waals surface area contributed by atoms with Crippen LogP contribution in [0.15, 0.2) is 29.9 Å². The van der Waals surface area contributed by atoms with Gasteiger partial charge in [0.05, 0.1) is 13.0 Å². The highest BCUT2D eigenvalue weighted by atomic mass is 32.1. The number of β-amino-alcohol motifs (C(OH)–C–C–N with tert-alkyl or cyclic N) is 1. The van der Waals surface area contributed by atoms with Gasteiger partial charge >= 0.3 is 0 Å². The van der Waals surface area contributed by atoms with Gasteiger partial charge in [-0.2, -0.15) is 0 Å². The molecule has 2 aromatic rings. The van der Waals surface area contributed by atoms with Crippen LogP contribution >= 0.6 is 11.3 Å². The second-order valence-corrected chi connectivity index (χ2v) is 7.45. The molecule has 3 rings (SSSR count). The summed E-state index contributed by atoms with van der Waals surface area (Å²) in [6, 6.07) is 5.82. The monoisotopic (exact) mass is 346 g/mol. The zero-order chi connectivity index (χ0) is 17.2. The quantitative estimate of drug-likeness (QED) is 0.888. The molecule has 1 fully saturated rings. The molecule has 0 aliphatic carbocycles. The van der Waals surface area contributed by atoms with E-state index in [1.54, 1.807) is 29.6 Å². The van der Waals surface area contributed by atoms with Gasteiger partial charge in [0.15, 0.2) is 0 Å². The molecule has 24 heavy (non-hydrogen) atoms. The topological polar surface area (TPSA) is 69.6 Å². The van der Waals surface area contributed by atoms with Crippen LogP contribution in [0.5, 0.6) is 0 Å². The van der Waals surface area contributed by atoms with Gasteiger partial charge < -0.3 is 14.9 Å². The fourth-order valence-electron chi connectivity index (χ4n) is 3.02. The lowest BCUT2D eigenvalue weighted by molar-refractivity contribution is -0.132. The Balaban J connectivity index is 1.59. The molecule has 1 aliphatic rings. The summed E-state index contributed by atoms with van der Waals surface area (Å²) < 4.78 is 0. The highest BCUT2D eigenvalue weighted by Gasteiger charge is 2.38. The van der Waals surface area contributed by atoms with Crippen LogP contribution in [0.2, 0.25) is 0 Å². The van der Waals surface area contributed by atoms with Gasteiger partial charge in [0.25, 0.3) is 0 Å². The van der Waals surface area contributed by atoms with E-state index in [2.05, 4.69) is 9.97 Å². The average molecular weight is 346 g/mol. The van der Waals surface area contributed by atoms with Crippen molar-refractivity contribution in [3.63, 3.8) is 0 Å². The Bertz CT molecular complexity index is 706. The van der Waals surface area contributed by atoms with Gasteiger partial charge in [0.2, 0.25) is 5.91 Å². The van der Waals surface area contributed by atoms with Crippen LogP contribution in [-0.2, 0) is 11.2 Å². The molecule has 0 radical (unpaired) electrons. The van der Waals surface area contributed by atoms with Crippen LogP contribution in [0.1, 0.15) is 17.0 Å². The number of nitrogens with zero attached hydrogens (tertiary/aromatic N) is 4. The molecule has 1 amide bonds. The lowest BCUT2D eigenvalue weighted by Crippen LogP contribution is -2.46. The number of hydrogen-bond donors (Lipinski definition) is 1. The van der Waals surface area contributed by atoms with E-state index in [4.69, 9.17) is 0 Å². The summed E-state index contributed by atoms with van der Waals surface area (Å²) in [5, 5.41) is 12.8. The molecule has 0 saturated carbocycles. The summed E-state index contributed by atoms with van der Waals surface area (Å²) in [7, 11) is 1.76. The highest BCUT2D eigenvalue weighted by molar-refractivity contribution is 7.10. The number of aliphatic hydroxyl groups is 1. The number of carbonyl (C=O) groups is 1. The molecule has 1 aliphatic heterocycles. The van der Waals surface area contributed by atoms with Crippen LogP contribution in [0.4, 0.5) is 5.82 Å². The fourth-order valence-corrected chi connectivity index (χ4v) is 3.72. The average Bonchev–Trinajstić information content (AvgIpc) is 3.17. The molecule has 1 saturated heterocycles. The van der Waals surface area contributed by atoms with Gasteiger partial charge in [-0.3, -0.25) is 4.79 Å². The zero-order valence-electron chi connectivity index (χ0n) is 14.0. The first-order chi connectivity index (χ1) is 11.5. The molecule has 0 spiro atoms. The molecule has 6 nitrogen and oxygen atoms in total. The van der Waals surface area contributed by atoms with Crippen molar-refractivity contribution in [1.29, 1.82) is 0 Å². The van der Waals surface area contributed by atoms with Gasteiger partial charge in [-0.05, 0) is 24.8 Å². The maximum absolute atomic E-state index is 12.3. The SMILES string of the molecule is Cc1cc(N2CC[C@](O)(CN(C)C(=O)Cc3cccs3)C2)ncn1. The molecule has 0 aromatic carbocycles. The summed E-state index contributed by atoms with van der Waals surface area (Å²) in [6.45, 7) is 3.45. The summed E-state index contributed by atoms with van der Waals surface area (Å²) in [4.78, 5) is 25.4. The number of thiophene rings is 1. The van der Waals surface area contributed by atoms with E-state index in [-0.39, 0.29) is 5.91 Å². The third-order valence-electron chi connectivity index (χ3n) is 4.31. The number of anilines is 1. The van der Waals surface area contributed by atoms with E-state index < -0.39 is 5.60 Å². The van der Waals surface area contributed by atoms with E-state index in [0.717, 1.165) is 22.9 Å². The molecule has 1 atom stereocenters. The maximum atomic E-state index is 12.3. The number of rotatable bonds is 5. The molecule has 0 bridgehead atoms. The first-order valence-electron chi connectivity index (χ1n) is 7.97. The Morgan fingerprint density at radius 3 is 3.04 bits per heavy atom. The zero-order valence-corrected chi connectivity index (χ0v) is 14.8. The predicted molar refractivity (Wildman–Crippen MR) is 94.2 cm³/mol. The summed E-state index contributed by atoms with van der Waals surface area (Å²) in [6.07, 6.45) is 2.55. The van der Waals surface area contributed by atoms with Gasteiger partial charge in [-0.1, -0.05) is 6.07 Å². The van der Waals surface area contributed by atoms with Crippen LogP contribution < -0.4 is 4.90 Å². The van der Waals surface area contributed by atoms with Gasteiger partial charge in [0.1, 0.15) is 17.7 Å². The van der Waals surface area contributed by atoms with Crippen molar-refractivity contribution in [3.8, 4) is 0 Å². The first kappa shape index (κ1) is 16.9. The van der Waals surface area contributed by atoms with Crippen molar-refractivity contribution >= 4 is 23.1 Å². The normalized spacial score (nSPS) is 20.4. The highest BCUT2D eigenvalue weighted by Crippen LogP contribution is 2.26. The van der Waals surface area contributed by atoms with Gasteiger partial charge in [-0.25, -0.2) is 9.97 Å². The van der Waals surface area contributed by atoms with Crippen molar-refractivity contribution in [2.24, 2.45) is 0 Å². The molecule has 2 aromatic heterocycles. The van der Waals surface area contributed by atoms with Crippen LogP contribution in [0.25, 0.3) is 0 Å². The van der Waals surface area contributed by atoms with Crippen molar-refractivity contribution in [2.75, 3.05) is 31.6 Å². The molecular weight excluding hydrogens is 324 g/mol. The second kappa shape index (κ2) is 6.86. The molecular formula is C17H22N4O2S. The van der Waals surface area contributed by atoms with Crippen LogP contribution in [0.3, 0.4) is 0 Å². The minimum Gasteiger partial charge on any atom is -0.386 e. The molecule has 128 valence electrons. The van der Waals surface area contributed by atoms with Crippen molar-refractivity contribution in [3.05, 3.63) is 40.5 Å². The minimum absolute atomic E-state index is 0.0298. The maximum Gasteiger partial charge on any atom is 0.227 e. The lowest BCUT2D eigenvalue weighted by Gasteiger charge is -2.29. The number of hydrogen-bond acceptors (Lipinski definition) is 6. The lowest BCUT2D eigenvalue weighted by atomic mass is 10.0. The number of aromatic nitrogens is 2. The van der Waals surface area contributed by atoms with Crippen molar-refractivity contribution in [2.45, 2.75) is 25.4 Å². The fraction of sp³-hybridized carbons (Fsp3) is 0.471. The third-order valence-corrected chi connectivity index (χ3v) is 5.18. The first-order valence-corrected chi connectivity index (χ1v) is 8.85. The molecule has 1 N–H and O–H groups in total. The Hall–Kier alpha value is -1.99. The largest absolute Gasteiger partial charge is 0.386 e. The molecule has 7 heteroatoms. The van der Waals surface area contributed by atoms with Crippen LogP contribution in [-0.4, -0.2) is 58.2 Å². The number of carbonyl (C=O) groups excluding carboxylic acids is 1.